The quantitative estimate of drug-likeness (QED) is 0.494. The summed E-state index contributed by atoms with van der Waals surface area (Å²) in [5.74, 6) is -1.58. The predicted molar refractivity (Wildman–Crippen MR) is 133 cm³/mol. The summed E-state index contributed by atoms with van der Waals surface area (Å²) in [5, 5.41) is 2.64. The highest BCUT2D eigenvalue weighted by atomic mass is 35.5. The van der Waals surface area contributed by atoms with E-state index in [0.717, 1.165) is 34.7 Å². The van der Waals surface area contributed by atoms with Gasteiger partial charge in [0.25, 0.3) is 0 Å². The van der Waals surface area contributed by atoms with Crippen LogP contribution in [0.15, 0.2) is 48.5 Å². The molecule has 0 aliphatic heterocycles. The molecule has 34 heavy (non-hydrogen) atoms. The first-order valence-corrected chi connectivity index (χ1v) is 13.3. The van der Waals surface area contributed by atoms with Gasteiger partial charge in [0.1, 0.15) is 18.4 Å². The van der Waals surface area contributed by atoms with E-state index in [1.165, 1.54) is 11.0 Å². The lowest BCUT2D eigenvalue weighted by molar-refractivity contribution is -0.140. The van der Waals surface area contributed by atoms with E-state index in [9.17, 15) is 22.4 Å². The number of nitrogens with one attached hydrogen (secondary N) is 1. The lowest BCUT2D eigenvalue weighted by atomic mass is 10.1. The SMILES string of the molecule is CCC(C)NC(=O)C(CC)N(Cc1ccccc1)C(=O)CN(c1ccc(F)c(Cl)c1)S(C)(=O)=O. The van der Waals surface area contributed by atoms with Gasteiger partial charge in [0.05, 0.1) is 17.0 Å². The number of halogens is 2. The van der Waals surface area contributed by atoms with Crippen LogP contribution in [0.25, 0.3) is 0 Å². The van der Waals surface area contributed by atoms with Gasteiger partial charge >= 0.3 is 0 Å². The maximum atomic E-state index is 13.6. The molecule has 1 N–H and O–H groups in total. The zero-order chi connectivity index (χ0) is 25.5. The fraction of sp³-hybridized carbons (Fsp3) is 0.417. The summed E-state index contributed by atoms with van der Waals surface area (Å²) in [6, 6.07) is 11.7. The number of nitrogens with zero attached hydrogens (tertiary/aromatic N) is 2. The van der Waals surface area contributed by atoms with Crippen molar-refractivity contribution in [1.29, 1.82) is 0 Å². The number of benzene rings is 2. The molecular weight excluding hydrogens is 481 g/mol. The second-order valence-corrected chi connectivity index (χ2v) is 10.4. The molecule has 0 aromatic heterocycles. The number of carbonyl (C=O) groups is 2. The molecule has 0 saturated carbocycles. The summed E-state index contributed by atoms with van der Waals surface area (Å²) in [7, 11) is -3.92. The van der Waals surface area contributed by atoms with E-state index in [4.69, 9.17) is 11.6 Å². The molecule has 0 heterocycles. The summed E-state index contributed by atoms with van der Waals surface area (Å²) in [4.78, 5) is 27.9. The van der Waals surface area contributed by atoms with Crippen LogP contribution in [0.2, 0.25) is 5.02 Å². The lowest BCUT2D eigenvalue weighted by Crippen LogP contribution is -2.53. The maximum absolute atomic E-state index is 13.6. The van der Waals surface area contributed by atoms with Crippen LogP contribution < -0.4 is 9.62 Å². The zero-order valence-corrected chi connectivity index (χ0v) is 21.4. The average molecular weight is 512 g/mol. The van der Waals surface area contributed by atoms with E-state index in [1.807, 2.05) is 44.2 Å². The maximum Gasteiger partial charge on any atom is 0.244 e. The van der Waals surface area contributed by atoms with Crippen molar-refractivity contribution in [2.45, 2.75) is 52.2 Å². The molecular formula is C24H31ClFN3O4S. The number of hydrogen-bond acceptors (Lipinski definition) is 4. The minimum Gasteiger partial charge on any atom is -0.352 e. The number of sulfonamides is 1. The molecule has 0 aliphatic carbocycles. The van der Waals surface area contributed by atoms with Crippen molar-refractivity contribution in [3.05, 3.63) is 64.9 Å². The molecule has 10 heteroatoms. The molecule has 0 bridgehead atoms. The van der Waals surface area contributed by atoms with Crippen LogP contribution in [0.1, 0.15) is 39.2 Å². The Hall–Kier alpha value is -2.65. The van der Waals surface area contributed by atoms with Crippen molar-refractivity contribution in [3.8, 4) is 0 Å². The lowest BCUT2D eigenvalue weighted by Gasteiger charge is -2.33. The molecule has 0 spiro atoms. The van der Waals surface area contributed by atoms with Crippen molar-refractivity contribution in [2.24, 2.45) is 0 Å². The summed E-state index contributed by atoms with van der Waals surface area (Å²) < 4.78 is 39.6. The molecule has 0 radical (unpaired) electrons. The van der Waals surface area contributed by atoms with Crippen LogP contribution >= 0.6 is 11.6 Å². The van der Waals surface area contributed by atoms with Gasteiger partial charge in [0.2, 0.25) is 21.8 Å². The molecule has 0 aliphatic rings. The highest BCUT2D eigenvalue weighted by Crippen LogP contribution is 2.25. The highest BCUT2D eigenvalue weighted by molar-refractivity contribution is 7.92. The average Bonchev–Trinajstić information content (AvgIpc) is 2.78. The number of rotatable bonds is 11. The molecule has 2 unspecified atom stereocenters. The number of carbonyl (C=O) groups excluding carboxylic acids is 2. The molecule has 2 aromatic carbocycles. The van der Waals surface area contributed by atoms with Crippen LogP contribution in [-0.2, 0) is 26.2 Å². The summed E-state index contributed by atoms with van der Waals surface area (Å²) in [6.45, 7) is 5.16. The van der Waals surface area contributed by atoms with Crippen LogP contribution in [0.4, 0.5) is 10.1 Å². The van der Waals surface area contributed by atoms with Gasteiger partial charge in [-0.3, -0.25) is 13.9 Å². The summed E-state index contributed by atoms with van der Waals surface area (Å²) in [5.41, 5.74) is 0.848. The van der Waals surface area contributed by atoms with Crippen molar-refractivity contribution in [3.63, 3.8) is 0 Å². The van der Waals surface area contributed by atoms with Gasteiger partial charge in [0, 0.05) is 12.6 Å². The molecule has 7 nitrogen and oxygen atoms in total. The van der Waals surface area contributed by atoms with Crippen LogP contribution in [-0.4, -0.2) is 50.0 Å². The van der Waals surface area contributed by atoms with Gasteiger partial charge in [-0.2, -0.15) is 0 Å². The molecule has 2 aromatic rings. The topological polar surface area (TPSA) is 86.8 Å². The van der Waals surface area contributed by atoms with Crippen molar-refractivity contribution < 1.29 is 22.4 Å². The number of hydrogen-bond donors (Lipinski definition) is 1. The fourth-order valence-electron chi connectivity index (χ4n) is 3.39. The standard InChI is InChI=1S/C24H31ClFN3O4S/c1-5-17(3)27-24(31)22(6-2)28(15-18-10-8-7-9-11-18)23(30)16-29(34(4,32)33)19-12-13-21(26)20(25)14-19/h7-14,17,22H,5-6,15-16H2,1-4H3,(H,27,31). The van der Waals surface area contributed by atoms with Crippen molar-refractivity contribution in [1.82, 2.24) is 10.2 Å². The van der Waals surface area contributed by atoms with Crippen molar-refractivity contribution in [2.75, 3.05) is 17.1 Å². The number of anilines is 1. The van der Waals surface area contributed by atoms with E-state index in [1.54, 1.807) is 6.92 Å². The van der Waals surface area contributed by atoms with Gasteiger partial charge in [-0.1, -0.05) is 55.8 Å². The van der Waals surface area contributed by atoms with E-state index >= 15 is 0 Å². The highest BCUT2D eigenvalue weighted by Gasteiger charge is 2.32. The molecule has 0 saturated heterocycles. The Kier molecular flexibility index (Phi) is 9.88. The van der Waals surface area contributed by atoms with E-state index < -0.39 is 34.3 Å². The molecule has 0 fully saturated rings. The second-order valence-electron chi connectivity index (χ2n) is 8.12. The Balaban J connectivity index is 2.43. The third kappa shape index (κ3) is 7.43. The number of amides is 2. The van der Waals surface area contributed by atoms with Gasteiger partial charge in [-0.05, 0) is 43.5 Å². The first-order chi connectivity index (χ1) is 16.0. The fourth-order valence-corrected chi connectivity index (χ4v) is 4.41. The van der Waals surface area contributed by atoms with Crippen LogP contribution in [0, 0.1) is 5.82 Å². The summed E-state index contributed by atoms with van der Waals surface area (Å²) >= 11 is 5.85. The molecule has 2 atom stereocenters. The zero-order valence-electron chi connectivity index (χ0n) is 19.8. The Morgan fingerprint density at radius 3 is 2.26 bits per heavy atom. The first-order valence-electron chi connectivity index (χ1n) is 11.0. The van der Waals surface area contributed by atoms with Gasteiger partial charge in [-0.15, -0.1) is 0 Å². The Bertz CT molecular complexity index is 1100. The molecule has 186 valence electrons. The van der Waals surface area contributed by atoms with Gasteiger partial charge in [-0.25, -0.2) is 12.8 Å². The van der Waals surface area contributed by atoms with E-state index in [2.05, 4.69) is 5.32 Å². The third-order valence-electron chi connectivity index (χ3n) is 5.45. The smallest absolute Gasteiger partial charge is 0.244 e. The Labute approximate surface area is 205 Å². The van der Waals surface area contributed by atoms with Crippen molar-refractivity contribution >= 4 is 39.1 Å². The molecule has 2 rings (SSSR count). The van der Waals surface area contributed by atoms with Gasteiger partial charge < -0.3 is 10.2 Å². The summed E-state index contributed by atoms with van der Waals surface area (Å²) in [6.07, 6.45) is 2.01. The Morgan fingerprint density at radius 2 is 1.74 bits per heavy atom. The predicted octanol–water partition coefficient (Wildman–Crippen LogP) is 3.97. The monoisotopic (exact) mass is 511 g/mol. The van der Waals surface area contributed by atoms with Crippen LogP contribution in [0.5, 0.6) is 0 Å². The molecule has 2 amide bonds. The Morgan fingerprint density at radius 1 is 1.09 bits per heavy atom. The largest absolute Gasteiger partial charge is 0.352 e. The normalized spacial score (nSPS) is 13.1. The van der Waals surface area contributed by atoms with E-state index in [0.29, 0.717) is 6.42 Å². The third-order valence-corrected chi connectivity index (χ3v) is 6.88. The first kappa shape index (κ1) is 27.6. The minimum atomic E-state index is -3.92. The van der Waals surface area contributed by atoms with Gasteiger partial charge in [0.15, 0.2) is 0 Å². The van der Waals surface area contributed by atoms with E-state index in [-0.39, 0.29) is 29.2 Å². The minimum absolute atomic E-state index is 0.0546. The van der Waals surface area contributed by atoms with Crippen LogP contribution in [0.3, 0.4) is 0 Å². The second kappa shape index (κ2) is 12.2.